The molecule has 2 rings (SSSR count). The highest BCUT2D eigenvalue weighted by Gasteiger charge is 2.09. The Kier molecular flexibility index (Phi) is 5.05. The molecule has 1 N–H and O–H groups in total. The predicted molar refractivity (Wildman–Crippen MR) is 85.5 cm³/mol. The van der Waals surface area contributed by atoms with Crippen LogP contribution < -0.4 is 4.90 Å². The van der Waals surface area contributed by atoms with Crippen LogP contribution in [0.4, 0.5) is 5.69 Å². The van der Waals surface area contributed by atoms with Crippen molar-refractivity contribution < 1.29 is 5.11 Å². The maximum Gasteiger partial charge on any atom is 0.0806 e. The van der Waals surface area contributed by atoms with Crippen LogP contribution in [0.5, 0.6) is 0 Å². The van der Waals surface area contributed by atoms with Gasteiger partial charge in [-0.2, -0.15) is 0 Å². The van der Waals surface area contributed by atoms with Crippen LogP contribution in [-0.2, 0) is 0 Å². The first-order valence-electron chi connectivity index (χ1n) is 6.77. The fourth-order valence-electron chi connectivity index (χ4n) is 2.16. The van der Waals surface area contributed by atoms with Crippen molar-refractivity contribution in [3.05, 3.63) is 64.7 Å². The number of aryl methyl sites for hydroxylation is 1. The third-order valence-electron chi connectivity index (χ3n) is 3.44. The molecule has 2 aromatic carbocycles. The molecule has 0 amide bonds. The molecule has 0 aliphatic rings. The van der Waals surface area contributed by atoms with E-state index in [0.717, 1.165) is 12.1 Å². The number of aliphatic hydroxyl groups excluding tert-OH is 1. The lowest BCUT2D eigenvalue weighted by Crippen LogP contribution is -2.20. The molecule has 0 fully saturated rings. The minimum absolute atomic E-state index is 0.459. The van der Waals surface area contributed by atoms with Gasteiger partial charge in [0.15, 0.2) is 0 Å². The van der Waals surface area contributed by atoms with E-state index in [1.165, 1.54) is 11.3 Å². The Bertz CT molecular complexity index is 553. The van der Waals surface area contributed by atoms with Gasteiger partial charge in [-0.05, 0) is 48.7 Å². The smallest absolute Gasteiger partial charge is 0.0806 e. The Morgan fingerprint density at radius 1 is 1.15 bits per heavy atom. The minimum Gasteiger partial charge on any atom is -0.388 e. The van der Waals surface area contributed by atoms with E-state index in [4.69, 9.17) is 11.6 Å². The Labute approximate surface area is 125 Å². The number of nitrogens with zero attached hydrogens (tertiary/aromatic N) is 1. The lowest BCUT2D eigenvalue weighted by Gasteiger charge is -2.21. The number of hydrogen-bond acceptors (Lipinski definition) is 2. The zero-order valence-electron chi connectivity index (χ0n) is 11.9. The molecular formula is C17H20ClNO. The zero-order chi connectivity index (χ0) is 14.5. The largest absolute Gasteiger partial charge is 0.388 e. The monoisotopic (exact) mass is 289 g/mol. The SMILES string of the molecule is Cc1cccc(N(C)CCC(O)c2ccc(Cl)cc2)c1. The average Bonchev–Trinajstić information content (AvgIpc) is 2.45. The first-order chi connectivity index (χ1) is 9.56. The Morgan fingerprint density at radius 2 is 1.85 bits per heavy atom. The highest BCUT2D eigenvalue weighted by atomic mass is 35.5. The van der Waals surface area contributed by atoms with E-state index >= 15 is 0 Å². The van der Waals surface area contributed by atoms with Crippen LogP contribution in [0.15, 0.2) is 48.5 Å². The zero-order valence-corrected chi connectivity index (χ0v) is 12.6. The van der Waals surface area contributed by atoms with Crippen LogP contribution in [0.1, 0.15) is 23.7 Å². The van der Waals surface area contributed by atoms with E-state index in [-0.39, 0.29) is 0 Å². The molecular weight excluding hydrogens is 270 g/mol. The van der Waals surface area contributed by atoms with Gasteiger partial charge in [0.2, 0.25) is 0 Å². The second-order valence-electron chi connectivity index (χ2n) is 5.12. The maximum atomic E-state index is 10.2. The number of halogens is 1. The summed E-state index contributed by atoms with van der Waals surface area (Å²) in [6, 6.07) is 15.7. The highest BCUT2D eigenvalue weighted by Crippen LogP contribution is 2.21. The molecule has 0 spiro atoms. The van der Waals surface area contributed by atoms with Crippen LogP contribution in [0, 0.1) is 6.92 Å². The third kappa shape index (κ3) is 3.99. The van der Waals surface area contributed by atoms with Crippen LogP contribution in [-0.4, -0.2) is 18.7 Å². The molecule has 1 atom stereocenters. The van der Waals surface area contributed by atoms with Crippen molar-refractivity contribution in [3.63, 3.8) is 0 Å². The first kappa shape index (κ1) is 14.9. The summed E-state index contributed by atoms with van der Waals surface area (Å²) in [4.78, 5) is 2.16. The van der Waals surface area contributed by atoms with Gasteiger partial charge in [-0.25, -0.2) is 0 Å². The molecule has 1 unspecified atom stereocenters. The molecule has 0 saturated carbocycles. The maximum absolute atomic E-state index is 10.2. The summed E-state index contributed by atoms with van der Waals surface area (Å²) in [5, 5.41) is 10.9. The average molecular weight is 290 g/mol. The summed E-state index contributed by atoms with van der Waals surface area (Å²) in [7, 11) is 2.04. The summed E-state index contributed by atoms with van der Waals surface area (Å²) in [6.45, 7) is 2.88. The standard InChI is InChI=1S/C17H20ClNO/c1-13-4-3-5-16(12-13)19(2)11-10-17(20)14-6-8-15(18)9-7-14/h3-9,12,17,20H,10-11H2,1-2H3. The summed E-state index contributed by atoms with van der Waals surface area (Å²) in [5.74, 6) is 0. The number of benzene rings is 2. The molecule has 0 saturated heterocycles. The number of rotatable bonds is 5. The van der Waals surface area contributed by atoms with E-state index in [0.29, 0.717) is 11.4 Å². The van der Waals surface area contributed by atoms with Crippen LogP contribution in [0.3, 0.4) is 0 Å². The number of hydrogen-bond donors (Lipinski definition) is 1. The van der Waals surface area contributed by atoms with E-state index < -0.39 is 6.10 Å². The van der Waals surface area contributed by atoms with Gasteiger partial charge in [0, 0.05) is 24.3 Å². The van der Waals surface area contributed by atoms with Gasteiger partial charge in [0.05, 0.1) is 6.10 Å². The van der Waals surface area contributed by atoms with Crippen LogP contribution in [0.25, 0.3) is 0 Å². The first-order valence-corrected chi connectivity index (χ1v) is 7.15. The van der Waals surface area contributed by atoms with E-state index in [2.05, 4.69) is 36.1 Å². The van der Waals surface area contributed by atoms with Crippen molar-refractivity contribution in [2.75, 3.05) is 18.5 Å². The molecule has 0 aliphatic carbocycles. The summed E-state index contributed by atoms with van der Waals surface area (Å²) < 4.78 is 0. The topological polar surface area (TPSA) is 23.5 Å². The quantitative estimate of drug-likeness (QED) is 0.891. The van der Waals surface area contributed by atoms with Gasteiger partial charge in [-0.15, -0.1) is 0 Å². The molecule has 0 aliphatic heterocycles. The molecule has 2 aromatic rings. The number of anilines is 1. The van der Waals surface area contributed by atoms with E-state index in [9.17, 15) is 5.11 Å². The molecule has 0 aromatic heterocycles. The van der Waals surface area contributed by atoms with Gasteiger partial charge < -0.3 is 10.0 Å². The van der Waals surface area contributed by atoms with Crippen molar-refractivity contribution in [1.29, 1.82) is 0 Å². The van der Waals surface area contributed by atoms with Crippen LogP contribution in [0.2, 0.25) is 5.02 Å². The fourth-order valence-corrected chi connectivity index (χ4v) is 2.29. The molecule has 0 bridgehead atoms. The molecule has 0 radical (unpaired) electrons. The summed E-state index contributed by atoms with van der Waals surface area (Å²) in [6.07, 6.45) is 0.228. The van der Waals surface area contributed by atoms with Gasteiger partial charge in [-0.3, -0.25) is 0 Å². The van der Waals surface area contributed by atoms with Crippen molar-refractivity contribution in [2.45, 2.75) is 19.4 Å². The minimum atomic E-state index is -0.459. The lowest BCUT2D eigenvalue weighted by atomic mass is 10.1. The molecule has 3 heteroatoms. The van der Waals surface area contributed by atoms with Gasteiger partial charge in [0.25, 0.3) is 0 Å². The van der Waals surface area contributed by atoms with Gasteiger partial charge in [-0.1, -0.05) is 35.9 Å². The Hall–Kier alpha value is -1.51. The molecule has 0 heterocycles. The number of aliphatic hydroxyl groups is 1. The van der Waals surface area contributed by atoms with Crippen molar-refractivity contribution in [2.24, 2.45) is 0 Å². The van der Waals surface area contributed by atoms with Crippen molar-refractivity contribution >= 4 is 17.3 Å². The predicted octanol–water partition coefficient (Wildman–Crippen LogP) is 4.21. The highest BCUT2D eigenvalue weighted by molar-refractivity contribution is 6.30. The van der Waals surface area contributed by atoms with E-state index in [1.54, 1.807) is 0 Å². The normalized spacial score (nSPS) is 12.2. The lowest BCUT2D eigenvalue weighted by molar-refractivity contribution is 0.170. The van der Waals surface area contributed by atoms with Crippen LogP contribution >= 0.6 is 11.6 Å². The molecule has 2 nitrogen and oxygen atoms in total. The molecule has 20 heavy (non-hydrogen) atoms. The fraction of sp³-hybridized carbons (Fsp3) is 0.294. The van der Waals surface area contributed by atoms with Crippen molar-refractivity contribution in [3.8, 4) is 0 Å². The van der Waals surface area contributed by atoms with Gasteiger partial charge in [0.1, 0.15) is 0 Å². The van der Waals surface area contributed by atoms with Gasteiger partial charge >= 0.3 is 0 Å². The molecule has 106 valence electrons. The summed E-state index contributed by atoms with van der Waals surface area (Å²) in [5.41, 5.74) is 3.33. The summed E-state index contributed by atoms with van der Waals surface area (Å²) >= 11 is 5.85. The van der Waals surface area contributed by atoms with E-state index in [1.807, 2.05) is 31.3 Å². The Morgan fingerprint density at radius 3 is 2.50 bits per heavy atom. The van der Waals surface area contributed by atoms with Crippen molar-refractivity contribution in [1.82, 2.24) is 0 Å². The Balaban J connectivity index is 1.93. The second kappa shape index (κ2) is 6.78. The third-order valence-corrected chi connectivity index (χ3v) is 3.69. The second-order valence-corrected chi connectivity index (χ2v) is 5.55.